The van der Waals surface area contributed by atoms with Crippen LogP contribution in [0.15, 0.2) is 29.0 Å². The van der Waals surface area contributed by atoms with E-state index in [4.69, 9.17) is 5.26 Å². The zero-order valence-electron chi connectivity index (χ0n) is 9.13. The average Bonchev–Trinajstić information content (AvgIpc) is 2.95. The Kier molecular flexibility index (Phi) is 2.57. The minimum absolute atomic E-state index is 0.161. The maximum atomic E-state index is 8.64. The Morgan fingerprint density at radius 1 is 1.44 bits per heavy atom. The zero-order valence-corrected chi connectivity index (χ0v) is 10.7. The lowest BCUT2D eigenvalue weighted by molar-refractivity contribution is 0.659. The number of hydrogen-bond acceptors (Lipinski definition) is 4. The van der Waals surface area contributed by atoms with Gasteiger partial charge >= 0.3 is 0 Å². The number of H-pyrrole nitrogens is 1. The summed E-state index contributed by atoms with van der Waals surface area (Å²) < 4.78 is 2.57. The second-order valence-corrected chi connectivity index (χ2v) is 4.64. The third kappa shape index (κ3) is 1.98. The van der Waals surface area contributed by atoms with Crippen molar-refractivity contribution >= 4 is 27.0 Å². The number of aromatic amines is 1. The van der Waals surface area contributed by atoms with Crippen molar-refractivity contribution in [3.8, 4) is 6.07 Å². The molecule has 6 nitrogen and oxygen atoms in total. The van der Waals surface area contributed by atoms with Crippen molar-refractivity contribution in [2.75, 3.05) is 0 Å². The van der Waals surface area contributed by atoms with Crippen molar-refractivity contribution in [3.63, 3.8) is 0 Å². The number of fused-ring (bicyclic) bond motifs is 1. The molecule has 7 heteroatoms. The fraction of sp³-hybridized carbons (Fsp3) is 0.0909. The molecule has 18 heavy (non-hydrogen) atoms. The lowest BCUT2D eigenvalue weighted by Gasteiger charge is -1.94. The molecule has 88 valence electrons. The lowest BCUT2D eigenvalue weighted by Crippen LogP contribution is -2.02. The minimum atomic E-state index is 0.161. The van der Waals surface area contributed by atoms with E-state index in [0.717, 1.165) is 21.3 Å². The van der Waals surface area contributed by atoms with Crippen LogP contribution in [0.1, 0.15) is 11.6 Å². The summed E-state index contributed by atoms with van der Waals surface area (Å²) >= 11 is 3.41. The maximum Gasteiger partial charge on any atom is 0.252 e. The first-order valence-corrected chi connectivity index (χ1v) is 5.97. The largest absolute Gasteiger partial charge is 0.340 e. The molecule has 0 unspecified atom stereocenters. The molecule has 1 N–H and O–H groups in total. The molecule has 0 aliphatic carbocycles. The first-order chi connectivity index (χ1) is 8.74. The molecule has 0 aliphatic rings. The summed E-state index contributed by atoms with van der Waals surface area (Å²) in [4.78, 5) is 11.5. The van der Waals surface area contributed by atoms with Crippen LogP contribution in [0.3, 0.4) is 0 Å². The van der Waals surface area contributed by atoms with E-state index in [0.29, 0.717) is 6.54 Å². The normalized spacial score (nSPS) is 10.7. The summed E-state index contributed by atoms with van der Waals surface area (Å²) in [6.45, 7) is 0.459. The summed E-state index contributed by atoms with van der Waals surface area (Å²) in [7, 11) is 0. The number of imidazole rings is 1. The minimum Gasteiger partial charge on any atom is -0.340 e. The van der Waals surface area contributed by atoms with Gasteiger partial charge in [0.05, 0.1) is 11.0 Å². The van der Waals surface area contributed by atoms with Gasteiger partial charge in [-0.3, -0.25) is 0 Å². The molecule has 0 saturated heterocycles. The molecule has 3 aromatic rings. The Morgan fingerprint density at radius 2 is 2.33 bits per heavy atom. The van der Waals surface area contributed by atoms with Crippen LogP contribution in [0.25, 0.3) is 11.0 Å². The SMILES string of the molecule is N#Cc1ncn(Cc2nc3ccc(Br)cc3[nH]2)n1. The van der Waals surface area contributed by atoms with Crippen molar-refractivity contribution in [1.29, 1.82) is 5.26 Å². The molecule has 0 saturated carbocycles. The Bertz CT molecular complexity index is 750. The third-order valence-corrected chi connectivity index (χ3v) is 2.93. The van der Waals surface area contributed by atoms with Crippen LogP contribution in [-0.4, -0.2) is 24.7 Å². The van der Waals surface area contributed by atoms with Gasteiger partial charge in [0.1, 0.15) is 24.8 Å². The Morgan fingerprint density at radius 3 is 3.11 bits per heavy atom. The van der Waals surface area contributed by atoms with E-state index in [9.17, 15) is 0 Å². The van der Waals surface area contributed by atoms with Gasteiger partial charge < -0.3 is 4.98 Å². The Hall–Kier alpha value is -2.20. The maximum absolute atomic E-state index is 8.64. The van der Waals surface area contributed by atoms with Crippen LogP contribution < -0.4 is 0 Å². The quantitative estimate of drug-likeness (QED) is 0.783. The van der Waals surface area contributed by atoms with E-state index in [2.05, 4.69) is 36.0 Å². The van der Waals surface area contributed by atoms with E-state index in [-0.39, 0.29) is 5.82 Å². The highest BCUT2D eigenvalue weighted by Gasteiger charge is 2.05. The molecule has 0 radical (unpaired) electrons. The van der Waals surface area contributed by atoms with Gasteiger partial charge in [-0.25, -0.2) is 14.6 Å². The number of nitrogens with zero attached hydrogens (tertiary/aromatic N) is 5. The first-order valence-electron chi connectivity index (χ1n) is 5.18. The summed E-state index contributed by atoms with van der Waals surface area (Å²) in [5, 5.41) is 12.6. The van der Waals surface area contributed by atoms with Crippen LogP contribution in [0.5, 0.6) is 0 Å². The number of nitrogens with one attached hydrogen (secondary N) is 1. The average molecular weight is 303 g/mol. The number of halogens is 1. The second kappa shape index (κ2) is 4.23. The molecule has 2 heterocycles. The van der Waals surface area contributed by atoms with E-state index in [1.54, 1.807) is 4.68 Å². The molecule has 0 bridgehead atoms. The molecule has 2 aromatic heterocycles. The van der Waals surface area contributed by atoms with Gasteiger partial charge in [-0.1, -0.05) is 15.9 Å². The molecular formula is C11H7BrN6. The van der Waals surface area contributed by atoms with Crippen molar-refractivity contribution in [2.45, 2.75) is 6.54 Å². The monoisotopic (exact) mass is 302 g/mol. The standard InChI is InChI=1S/C11H7BrN6/c12-7-1-2-8-9(3-7)16-11(15-8)5-18-6-14-10(4-13)17-18/h1-3,6H,5H2,(H,15,16). The van der Waals surface area contributed by atoms with E-state index in [1.165, 1.54) is 6.33 Å². The highest BCUT2D eigenvalue weighted by Crippen LogP contribution is 2.17. The number of hydrogen-bond donors (Lipinski definition) is 1. The van der Waals surface area contributed by atoms with Crippen molar-refractivity contribution in [2.24, 2.45) is 0 Å². The fourth-order valence-corrected chi connectivity index (χ4v) is 2.05. The molecule has 1 aromatic carbocycles. The number of aromatic nitrogens is 5. The lowest BCUT2D eigenvalue weighted by atomic mass is 10.3. The van der Waals surface area contributed by atoms with Crippen LogP contribution in [0.4, 0.5) is 0 Å². The highest BCUT2D eigenvalue weighted by molar-refractivity contribution is 9.10. The number of rotatable bonds is 2. The number of benzene rings is 1. The van der Waals surface area contributed by atoms with Gasteiger partial charge in [0, 0.05) is 4.47 Å². The van der Waals surface area contributed by atoms with Crippen LogP contribution in [0.2, 0.25) is 0 Å². The summed E-state index contributed by atoms with van der Waals surface area (Å²) in [5.74, 6) is 0.936. The van der Waals surface area contributed by atoms with E-state index in [1.807, 2.05) is 24.3 Å². The molecule has 3 rings (SSSR count). The summed E-state index contributed by atoms with van der Waals surface area (Å²) in [6.07, 6.45) is 1.52. The topological polar surface area (TPSA) is 83.2 Å². The molecule has 0 atom stereocenters. The molecule has 0 spiro atoms. The third-order valence-electron chi connectivity index (χ3n) is 2.44. The fourth-order valence-electron chi connectivity index (χ4n) is 1.69. The van der Waals surface area contributed by atoms with Gasteiger partial charge in [0.25, 0.3) is 5.82 Å². The molecule has 0 fully saturated rings. The van der Waals surface area contributed by atoms with Crippen LogP contribution in [0, 0.1) is 11.3 Å². The second-order valence-electron chi connectivity index (χ2n) is 3.72. The summed E-state index contributed by atoms with van der Waals surface area (Å²) in [6, 6.07) is 7.73. The Labute approximate surface area is 110 Å². The highest BCUT2D eigenvalue weighted by atomic mass is 79.9. The van der Waals surface area contributed by atoms with Gasteiger partial charge in [-0.15, -0.1) is 5.10 Å². The van der Waals surface area contributed by atoms with Crippen molar-refractivity contribution in [1.82, 2.24) is 24.7 Å². The van der Waals surface area contributed by atoms with Crippen molar-refractivity contribution < 1.29 is 0 Å². The van der Waals surface area contributed by atoms with Gasteiger partial charge in [0.2, 0.25) is 0 Å². The Balaban J connectivity index is 1.93. The first kappa shape index (κ1) is 10.9. The molecule has 0 amide bonds. The van der Waals surface area contributed by atoms with Crippen molar-refractivity contribution in [3.05, 3.63) is 40.6 Å². The molecular weight excluding hydrogens is 296 g/mol. The predicted octanol–water partition coefficient (Wildman–Crippen LogP) is 1.84. The smallest absolute Gasteiger partial charge is 0.252 e. The van der Waals surface area contributed by atoms with Gasteiger partial charge in [0.15, 0.2) is 0 Å². The van der Waals surface area contributed by atoms with E-state index < -0.39 is 0 Å². The zero-order chi connectivity index (χ0) is 12.5. The van der Waals surface area contributed by atoms with Gasteiger partial charge in [-0.2, -0.15) is 5.26 Å². The summed E-state index contributed by atoms with van der Waals surface area (Å²) in [5.41, 5.74) is 1.86. The van der Waals surface area contributed by atoms with Crippen LogP contribution >= 0.6 is 15.9 Å². The van der Waals surface area contributed by atoms with Gasteiger partial charge in [-0.05, 0) is 18.2 Å². The van der Waals surface area contributed by atoms with Crippen LogP contribution in [-0.2, 0) is 6.54 Å². The molecule has 0 aliphatic heterocycles. The van der Waals surface area contributed by atoms with E-state index >= 15 is 0 Å². The predicted molar refractivity (Wildman–Crippen MR) is 67.6 cm³/mol. The number of nitriles is 1.